The first-order valence-corrected chi connectivity index (χ1v) is 11.9. The maximum absolute atomic E-state index is 12.4. The Morgan fingerprint density at radius 1 is 0.943 bits per heavy atom. The average molecular weight is 474 g/mol. The molecule has 0 radical (unpaired) electrons. The molecule has 0 saturated carbocycles. The predicted molar refractivity (Wildman–Crippen MR) is 136 cm³/mol. The second kappa shape index (κ2) is 11.9. The fraction of sp³-hybridized carbons (Fsp3) is 0.286. The van der Waals surface area contributed by atoms with E-state index in [1.54, 1.807) is 31.4 Å². The van der Waals surface area contributed by atoms with Crippen LogP contribution >= 0.6 is 0 Å². The molecule has 4 rings (SSSR count). The van der Waals surface area contributed by atoms with Crippen LogP contribution in [0.3, 0.4) is 0 Å². The van der Waals surface area contributed by atoms with Gasteiger partial charge in [-0.1, -0.05) is 24.3 Å². The zero-order valence-electron chi connectivity index (χ0n) is 20.2. The van der Waals surface area contributed by atoms with E-state index in [-0.39, 0.29) is 5.91 Å². The van der Waals surface area contributed by atoms with Gasteiger partial charge in [-0.3, -0.25) is 4.79 Å². The third-order valence-corrected chi connectivity index (χ3v) is 5.67. The van der Waals surface area contributed by atoms with Gasteiger partial charge in [0.15, 0.2) is 11.5 Å². The van der Waals surface area contributed by atoms with Gasteiger partial charge in [0.1, 0.15) is 18.2 Å². The number of carbonyl (C=O) groups is 1. The van der Waals surface area contributed by atoms with Gasteiger partial charge < -0.3 is 24.1 Å². The number of imidazole rings is 1. The Kier molecular flexibility index (Phi) is 8.22. The van der Waals surface area contributed by atoms with E-state index < -0.39 is 0 Å². The number of rotatable bonds is 12. The summed E-state index contributed by atoms with van der Waals surface area (Å²) in [5.74, 6) is 3.10. The van der Waals surface area contributed by atoms with Crippen molar-refractivity contribution in [2.24, 2.45) is 0 Å². The van der Waals surface area contributed by atoms with Gasteiger partial charge in [-0.05, 0) is 61.9 Å². The minimum absolute atomic E-state index is 0.0949. The Labute approximate surface area is 205 Å². The van der Waals surface area contributed by atoms with Crippen molar-refractivity contribution in [3.8, 4) is 17.2 Å². The molecule has 0 atom stereocenters. The molecule has 0 spiro atoms. The summed E-state index contributed by atoms with van der Waals surface area (Å²) in [5, 5.41) is 2.99. The molecule has 0 saturated heterocycles. The fourth-order valence-corrected chi connectivity index (χ4v) is 3.95. The van der Waals surface area contributed by atoms with Crippen LogP contribution in [-0.2, 0) is 13.0 Å². The van der Waals surface area contributed by atoms with Gasteiger partial charge in [0.05, 0.1) is 31.3 Å². The molecule has 35 heavy (non-hydrogen) atoms. The van der Waals surface area contributed by atoms with Gasteiger partial charge >= 0.3 is 0 Å². The van der Waals surface area contributed by atoms with Crippen LogP contribution in [0.25, 0.3) is 11.0 Å². The minimum atomic E-state index is -0.0949. The van der Waals surface area contributed by atoms with E-state index in [1.165, 1.54) is 0 Å². The molecule has 1 heterocycles. The molecule has 0 fully saturated rings. The van der Waals surface area contributed by atoms with Gasteiger partial charge in [0.2, 0.25) is 0 Å². The number of carbonyl (C=O) groups excluding carboxylic acids is 1. The third-order valence-electron chi connectivity index (χ3n) is 5.67. The number of hydrogen-bond donors (Lipinski definition) is 1. The maximum atomic E-state index is 12.4. The third kappa shape index (κ3) is 6.12. The lowest BCUT2D eigenvalue weighted by atomic mass is 10.2. The summed E-state index contributed by atoms with van der Waals surface area (Å²) in [6.07, 6.45) is 1.52. The summed E-state index contributed by atoms with van der Waals surface area (Å²) in [7, 11) is 1.61. The van der Waals surface area contributed by atoms with Crippen molar-refractivity contribution in [2.75, 3.05) is 26.9 Å². The van der Waals surface area contributed by atoms with Crippen LogP contribution in [0.4, 0.5) is 0 Å². The van der Waals surface area contributed by atoms with E-state index in [2.05, 4.69) is 16.0 Å². The zero-order valence-corrected chi connectivity index (χ0v) is 20.2. The molecule has 0 aliphatic heterocycles. The van der Waals surface area contributed by atoms with E-state index in [0.29, 0.717) is 31.9 Å². The summed E-state index contributed by atoms with van der Waals surface area (Å²) in [6, 6.07) is 22.9. The molecular weight excluding hydrogens is 442 g/mol. The minimum Gasteiger partial charge on any atom is -0.497 e. The Balaban J connectivity index is 1.36. The van der Waals surface area contributed by atoms with Gasteiger partial charge in [-0.2, -0.15) is 0 Å². The highest BCUT2D eigenvalue weighted by molar-refractivity contribution is 5.94. The number of aryl methyl sites for hydroxylation is 1. The molecule has 4 aromatic rings. The number of methoxy groups -OCH3 is 1. The molecule has 0 unspecified atom stereocenters. The highest BCUT2D eigenvalue weighted by Gasteiger charge is 2.12. The van der Waals surface area contributed by atoms with Crippen LogP contribution in [0.2, 0.25) is 0 Å². The van der Waals surface area contributed by atoms with Crippen LogP contribution in [0.15, 0.2) is 72.8 Å². The molecule has 0 bridgehead atoms. The number of ether oxygens (including phenoxy) is 3. The van der Waals surface area contributed by atoms with E-state index in [1.807, 2.05) is 49.4 Å². The second-order valence-electron chi connectivity index (χ2n) is 7.98. The smallest absolute Gasteiger partial charge is 0.251 e. The van der Waals surface area contributed by atoms with Crippen LogP contribution in [0, 0.1) is 0 Å². The number of nitrogens with zero attached hydrogens (tertiary/aromatic N) is 2. The van der Waals surface area contributed by atoms with Crippen molar-refractivity contribution in [3.63, 3.8) is 0 Å². The molecule has 1 amide bonds. The van der Waals surface area contributed by atoms with Crippen molar-refractivity contribution in [2.45, 2.75) is 26.3 Å². The standard InChI is InChI=1S/C28H31N3O4/c1-3-34-25-11-6-7-12-26(25)35-20-19-31-24-10-5-4-9-23(24)30-27(31)13-8-18-29-28(32)21-14-16-22(33-2)17-15-21/h4-7,9-12,14-17H,3,8,13,18-20H2,1-2H3,(H,29,32). The Hall–Kier alpha value is -4.00. The predicted octanol–water partition coefficient (Wildman–Crippen LogP) is 4.89. The zero-order chi connectivity index (χ0) is 24.5. The monoisotopic (exact) mass is 473 g/mol. The van der Waals surface area contributed by atoms with Crippen molar-refractivity contribution in [1.82, 2.24) is 14.9 Å². The van der Waals surface area contributed by atoms with Gasteiger partial charge in [-0.25, -0.2) is 4.98 Å². The summed E-state index contributed by atoms with van der Waals surface area (Å²) < 4.78 is 19.1. The van der Waals surface area contributed by atoms with Crippen molar-refractivity contribution in [1.29, 1.82) is 0 Å². The number of hydrogen-bond acceptors (Lipinski definition) is 5. The van der Waals surface area contributed by atoms with Gasteiger partial charge in [-0.15, -0.1) is 0 Å². The number of aromatic nitrogens is 2. The molecule has 0 aliphatic carbocycles. The largest absolute Gasteiger partial charge is 0.497 e. The van der Waals surface area contributed by atoms with E-state index in [4.69, 9.17) is 19.2 Å². The fourth-order valence-electron chi connectivity index (χ4n) is 3.95. The highest BCUT2D eigenvalue weighted by atomic mass is 16.5. The number of fused-ring (bicyclic) bond motifs is 1. The second-order valence-corrected chi connectivity index (χ2v) is 7.98. The lowest BCUT2D eigenvalue weighted by Gasteiger charge is -2.13. The van der Waals surface area contributed by atoms with Crippen molar-refractivity contribution >= 4 is 16.9 Å². The van der Waals surface area contributed by atoms with Crippen LogP contribution in [0.1, 0.15) is 29.5 Å². The molecule has 0 aliphatic rings. The number of nitrogens with one attached hydrogen (secondary N) is 1. The molecule has 7 nitrogen and oxygen atoms in total. The quantitative estimate of drug-likeness (QED) is 0.297. The Morgan fingerprint density at radius 3 is 2.40 bits per heavy atom. The number of para-hydroxylation sites is 4. The molecule has 7 heteroatoms. The van der Waals surface area contributed by atoms with Gasteiger partial charge in [0.25, 0.3) is 5.91 Å². The van der Waals surface area contributed by atoms with Crippen molar-refractivity contribution < 1.29 is 19.0 Å². The first-order chi connectivity index (χ1) is 17.2. The molecule has 1 aromatic heterocycles. The van der Waals surface area contributed by atoms with Crippen LogP contribution in [0.5, 0.6) is 17.2 Å². The summed E-state index contributed by atoms with van der Waals surface area (Å²) >= 11 is 0. The van der Waals surface area contributed by atoms with Crippen molar-refractivity contribution in [3.05, 3.63) is 84.2 Å². The number of benzene rings is 3. The highest BCUT2D eigenvalue weighted by Crippen LogP contribution is 2.26. The molecular formula is C28H31N3O4. The SMILES string of the molecule is CCOc1ccccc1OCCn1c(CCCNC(=O)c2ccc(OC)cc2)nc2ccccc21. The normalized spacial score (nSPS) is 10.8. The number of amides is 1. The Bertz CT molecular complexity index is 1250. The molecule has 3 aromatic carbocycles. The lowest BCUT2D eigenvalue weighted by Crippen LogP contribution is -2.25. The average Bonchev–Trinajstić information content (AvgIpc) is 3.25. The maximum Gasteiger partial charge on any atom is 0.251 e. The lowest BCUT2D eigenvalue weighted by molar-refractivity contribution is 0.0953. The summed E-state index contributed by atoms with van der Waals surface area (Å²) in [5.41, 5.74) is 2.65. The van der Waals surface area contributed by atoms with Crippen LogP contribution in [-0.4, -0.2) is 42.3 Å². The van der Waals surface area contributed by atoms with E-state index >= 15 is 0 Å². The van der Waals surface area contributed by atoms with Gasteiger partial charge in [0, 0.05) is 18.5 Å². The first kappa shape index (κ1) is 24.1. The topological polar surface area (TPSA) is 74.6 Å². The molecule has 182 valence electrons. The molecule has 1 N–H and O–H groups in total. The van der Waals surface area contributed by atoms with E-state index in [0.717, 1.165) is 46.9 Å². The van der Waals surface area contributed by atoms with Crippen LogP contribution < -0.4 is 19.5 Å². The Morgan fingerprint density at radius 2 is 1.66 bits per heavy atom. The van der Waals surface area contributed by atoms with E-state index in [9.17, 15) is 4.79 Å². The summed E-state index contributed by atoms with van der Waals surface area (Å²) in [4.78, 5) is 17.2. The summed E-state index contributed by atoms with van der Waals surface area (Å²) in [6.45, 7) is 4.26. The first-order valence-electron chi connectivity index (χ1n) is 11.9.